The molecule has 0 bridgehead atoms. The standard InChI is InChI=1S/C15H27N3S/c1-5-6-12-7-17-14(15(2,3)4)10-18(12)9-13-8-16-11-19-13/h8,11-12,14,17H,5-7,9-10H2,1-4H3. The van der Waals surface area contributed by atoms with Gasteiger partial charge in [-0.1, -0.05) is 34.1 Å². The number of hydrogen-bond donors (Lipinski definition) is 1. The van der Waals surface area contributed by atoms with Gasteiger partial charge in [0.2, 0.25) is 0 Å². The molecule has 19 heavy (non-hydrogen) atoms. The molecule has 1 N–H and O–H groups in total. The molecule has 0 spiro atoms. The van der Waals surface area contributed by atoms with E-state index in [1.165, 1.54) is 17.7 Å². The molecule has 2 unspecified atom stereocenters. The number of piperazine rings is 1. The maximum Gasteiger partial charge on any atom is 0.0794 e. The van der Waals surface area contributed by atoms with Gasteiger partial charge in [-0.15, -0.1) is 11.3 Å². The first-order chi connectivity index (χ1) is 9.00. The van der Waals surface area contributed by atoms with E-state index >= 15 is 0 Å². The van der Waals surface area contributed by atoms with Crippen molar-refractivity contribution in [2.75, 3.05) is 13.1 Å². The molecule has 2 atom stereocenters. The monoisotopic (exact) mass is 281 g/mol. The molecule has 4 heteroatoms. The van der Waals surface area contributed by atoms with Crippen LogP contribution in [0.5, 0.6) is 0 Å². The summed E-state index contributed by atoms with van der Waals surface area (Å²) in [6.07, 6.45) is 4.55. The third-order valence-electron chi connectivity index (χ3n) is 4.04. The minimum atomic E-state index is 0.323. The van der Waals surface area contributed by atoms with Crippen LogP contribution < -0.4 is 5.32 Å². The van der Waals surface area contributed by atoms with Crippen LogP contribution in [0.4, 0.5) is 0 Å². The van der Waals surface area contributed by atoms with Crippen molar-refractivity contribution in [1.82, 2.24) is 15.2 Å². The molecule has 1 aliphatic rings. The van der Waals surface area contributed by atoms with Crippen LogP contribution in [0.15, 0.2) is 11.7 Å². The number of nitrogens with one attached hydrogen (secondary N) is 1. The third-order valence-corrected chi connectivity index (χ3v) is 4.81. The normalized spacial score (nSPS) is 25.7. The van der Waals surface area contributed by atoms with E-state index in [0.29, 0.717) is 17.5 Å². The Morgan fingerprint density at radius 1 is 1.47 bits per heavy atom. The van der Waals surface area contributed by atoms with Crippen molar-refractivity contribution in [3.63, 3.8) is 0 Å². The van der Waals surface area contributed by atoms with Gasteiger partial charge in [-0.2, -0.15) is 0 Å². The van der Waals surface area contributed by atoms with Crippen LogP contribution in [-0.4, -0.2) is 35.1 Å². The summed E-state index contributed by atoms with van der Waals surface area (Å²) in [5.74, 6) is 0. The van der Waals surface area contributed by atoms with E-state index in [4.69, 9.17) is 0 Å². The van der Waals surface area contributed by atoms with Crippen LogP contribution in [0.3, 0.4) is 0 Å². The van der Waals surface area contributed by atoms with Gasteiger partial charge in [-0.25, -0.2) is 0 Å². The summed E-state index contributed by atoms with van der Waals surface area (Å²) in [6.45, 7) is 12.6. The molecule has 0 aromatic carbocycles. The summed E-state index contributed by atoms with van der Waals surface area (Å²) in [6, 6.07) is 1.25. The predicted octanol–water partition coefficient (Wildman–Crippen LogP) is 3.13. The summed E-state index contributed by atoms with van der Waals surface area (Å²) >= 11 is 1.77. The summed E-state index contributed by atoms with van der Waals surface area (Å²) in [7, 11) is 0. The first-order valence-electron chi connectivity index (χ1n) is 7.35. The molecule has 0 saturated carbocycles. The van der Waals surface area contributed by atoms with Gasteiger partial charge in [0.25, 0.3) is 0 Å². The van der Waals surface area contributed by atoms with Crippen molar-refractivity contribution in [2.24, 2.45) is 5.41 Å². The van der Waals surface area contributed by atoms with Gasteiger partial charge in [-0.05, 0) is 11.8 Å². The summed E-state index contributed by atoms with van der Waals surface area (Å²) < 4.78 is 0. The molecular weight excluding hydrogens is 254 g/mol. The second kappa shape index (κ2) is 6.33. The molecule has 1 saturated heterocycles. The fourth-order valence-electron chi connectivity index (χ4n) is 2.77. The largest absolute Gasteiger partial charge is 0.311 e. The average Bonchev–Trinajstić information content (AvgIpc) is 2.83. The molecule has 1 aromatic heterocycles. The SMILES string of the molecule is CCCC1CNC(C(C)(C)C)CN1Cc1cncs1. The zero-order chi connectivity index (χ0) is 13.9. The maximum absolute atomic E-state index is 4.20. The number of aromatic nitrogens is 1. The summed E-state index contributed by atoms with van der Waals surface area (Å²) in [5, 5.41) is 3.75. The maximum atomic E-state index is 4.20. The average molecular weight is 281 g/mol. The van der Waals surface area contributed by atoms with Gasteiger partial charge in [0, 0.05) is 42.8 Å². The van der Waals surface area contributed by atoms with Crippen LogP contribution in [0.2, 0.25) is 0 Å². The van der Waals surface area contributed by atoms with Gasteiger partial charge in [0.1, 0.15) is 0 Å². The first-order valence-corrected chi connectivity index (χ1v) is 8.23. The Morgan fingerprint density at radius 2 is 2.26 bits per heavy atom. The molecule has 0 radical (unpaired) electrons. The lowest BCUT2D eigenvalue weighted by atomic mass is 9.84. The van der Waals surface area contributed by atoms with Gasteiger partial charge in [0.15, 0.2) is 0 Å². The zero-order valence-electron chi connectivity index (χ0n) is 12.6. The lowest BCUT2D eigenvalue weighted by Crippen LogP contribution is -2.59. The highest BCUT2D eigenvalue weighted by Crippen LogP contribution is 2.26. The van der Waals surface area contributed by atoms with Gasteiger partial charge < -0.3 is 5.32 Å². The number of nitrogens with zero attached hydrogens (tertiary/aromatic N) is 2. The molecule has 3 nitrogen and oxygen atoms in total. The quantitative estimate of drug-likeness (QED) is 0.919. The van der Waals surface area contributed by atoms with E-state index in [-0.39, 0.29) is 0 Å². The lowest BCUT2D eigenvalue weighted by molar-refractivity contribution is 0.0756. The van der Waals surface area contributed by atoms with E-state index in [1.807, 2.05) is 11.7 Å². The fourth-order valence-corrected chi connectivity index (χ4v) is 3.39. The number of rotatable bonds is 4. The Morgan fingerprint density at radius 3 is 2.84 bits per heavy atom. The van der Waals surface area contributed by atoms with Crippen LogP contribution in [0.25, 0.3) is 0 Å². The highest BCUT2D eigenvalue weighted by Gasteiger charge is 2.33. The van der Waals surface area contributed by atoms with Gasteiger partial charge >= 0.3 is 0 Å². The van der Waals surface area contributed by atoms with Gasteiger partial charge in [-0.3, -0.25) is 9.88 Å². The zero-order valence-corrected chi connectivity index (χ0v) is 13.5. The first kappa shape index (κ1) is 14.9. The summed E-state index contributed by atoms with van der Waals surface area (Å²) in [4.78, 5) is 8.24. The molecule has 2 heterocycles. The van der Waals surface area contributed by atoms with Crippen LogP contribution in [0.1, 0.15) is 45.4 Å². The van der Waals surface area contributed by atoms with Crippen LogP contribution in [-0.2, 0) is 6.54 Å². The molecule has 2 rings (SSSR count). The molecule has 1 fully saturated rings. The van der Waals surface area contributed by atoms with Crippen molar-refractivity contribution in [3.8, 4) is 0 Å². The third kappa shape index (κ3) is 4.01. The molecule has 0 aliphatic carbocycles. The Balaban J connectivity index is 2.04. The van der Waals surface area contributed by atoms with E-state index in [2.05, 4.69) is 42.9 Å². The smallest absolute Gasteiger partial charge is 0.0794 e. The van der Waals surface area contributed by atoms with E-state index in [9.17, 15) is 0 Å². The van der Waals surface area contributed by atoms with Crippen LogP contribution in [0, 0.1) is 5.41 Å². The predicted molar refractivity (Wildman–Crippen MR) is 82.5 cm³/mol. The van der Waals surface area contributed by atoms with Crippen molar-refractivity contribution in [3.05, 3.63) is 16.6 Å². The highest BCUT2D eigenvalue weighted by molar-refractivity contribution is 7.09. The topological polar surface area (TPSA) is 28.2 Å². The highest BCUT2D eigenvalue weighted by atomic mass is 32.1. The summed E-state index contributed by atoms with van der Waals surface area (Å²) in [5.41, 5.74) is 2.26. The number of hydrogen-bond acceptors (Lipinski definition) is 4. The molecule has 0 amide bonds. The van der Waals surface area contributed by atoms with Crippen molar-refractivity contribution >= 4 is 11.3 Å². The molecule has 108 valence electrons. The second-order valence-corrected chi connectivity index (χ2v) is 7.64. The minimum Gasteiger partial charge on any atom is -0.311 e. The molecular formula is C15H27N3S. The van der Waals surface area contributed by atoms with Crippen LogP contribution >= 0.6 is 11.3 Å². The molecule has 1 aromatic rings. The number of thiazole rings is 1. The van der Waals surface area contributed by atoms with E-state index in [1.54, 1.807) is 11.3 Å². The van der Waals surface area contributed by atoms with Gasteiger partial charge in [0.05, 0.1) is 5.51 Å². The lowest BCUT2D eigenvalue weighted by Gasteiger charge is -2.45. The van der Waals surface area contributed by atoms with Crippen molar-refractivity contribution < 1.29 is 0 Å². The van der Waals surface area contributed by atoms with E-state index < -0.39 is 0 Å². The second-order valence-electron chi connectivity index (χ2n) is 6.67. The Kier molecular flexibility index (Phi) is 4.98. The Hall–Kier alpha value is -0.450. The Labute approximate surface area is 121 Å². The molecule has 1 aliphatic heterocycles. The fraction of sp³-hybridized carbons (Fsp3) is 0.800. The van der Waals surface area contributed by atoms with Crippen molar-refractivity contribution in [2.45, 2.75) is 59.2 Å². The minimum absolute atomic E-state index is 0.323. The van der Waals surface area contributed by atoms with E-state index in [0.717, 1.165) is 19.6 Å². The van der Waals surface area contributed by atoms with Crippen molar-refractivity contribution in [1.29, 1.82) is 0 Å². The Bertz CT molecular complexity index is 369.